The smallest absolute Gasteiger partial charge is 0.340 e. The first-order valence-corrected chi connectivity index (χ1v) is 30.0. The maximum atomic E-state index is 14.0. The van der Waals surface area contributed by atoms with Crippen LogP contribution in [0.25, 0.3) is 0 Å². The predicted molar refractivity (Wildman–Crippen MR) is 348 cm³/mol. The van der Waals surface area contributed by atoms with Crippen LogP contribution in [-0.2, 0) is 26.1 Å². The Hall–Kier alpha value is -10.1. The largest absolute Gasteiger partial charge is 0.456 e. The third-order valence-corrected chi connectivity index (χ3v) is 18.8. The van der Waals surface area contributed by atoms with Gasteiger partial charge in [-0.1, -0.05) is 111 Å². The summed E-state index contributed by atoms with van der Waals surface area (Å²) < 4.78 is 27.2. The minimum Gasteiger partial charge on any atom is -0.456 e. The van der Waals surface area contributed by atoms with Gasteiger partial charge in [-0.15, -0.1) is 0 Å². The van der Waals surface area contributed by atoms with Crippen LogP contribution in [0.1, 0.15) is 115 Å². The van der Waals surface area contributed by atoms with Crippen molar-refractivity contribution >= 4 is 57.4 Å². The Morgan fingerprint density at radius 2 is 0.724 bits per heavy atom. The number of ether oxygens (including phenoxy) is 4. The van der Waals surface area contributed by atoms with E-state index in [1.54, 1.807) is 0 Å². The number of carbonyl (C=O) groups is 2. The predicted octanol–water partition coefficient (Wildman–Crippen LogP) is 18.2. The summed E-state index contributed by atoms with van der Waals surface area (Å²) >= 11 is 0. The first-order chi connectivity index (χ1) is 42.0. The molecule has 0 saturated heterocycles. The van der Waals surface area contributed by atoms with Crippen molar-refractivity contribution < 1.29 is 28.5 Å². The summed E-state index contributed by atoms with van der Waals surface area (Å²) in [5.41, 5.74) is 17.8. The number of anilines is 8. The fourth-order valence-corrected chi connectivity index (χ4v) is 14.0. The fourth-order valence-electron chi connectivity index (χ4n) is 14.0. The molecule has 4 aliphatic rings. The van der Waals surface area contributed by atoms with Gasteiger partial charge in [0.1, 0.15) is 23.0 Å². The molecule has 0 bridgehead atoms. The zero-order chi connectivity index (χ0) is 60.3. The molecule has 432 valence electrons. The van der Waals surface area contributed by atoms with E-state index < -0.39 is 11.2 Å². The summed E-state index contributed by atoms with van der Waals surface area (Å²) in [6.07, 6.45) is 0. The quantitative estimate of drug-likeness (QED) is 0.110. The van der Waals surface area contributed by atoms with Crippen molar-refractivity contribution in [2.24, 2.45) is 0 Å². The summed E-state index contributed by atoms with van der Waals surface area (Å²) in [6, 6.07) is 70.7. The Labute approximate surface area is 509 Å². The number of hydrogen-bond acceptors (Lipinski definition) is 10. The molecule has 4 aliphatic heterocycles. The highest BCUT2D eigenvalue weighted by atomic mass is 16.6. The van der Waals surface area contributed by atoms with Crippen LogP contribution in [-0.4, -0.2) is 39.1 Å². The molecule has 87 heavy (non-hydrogen) atoms. The van der Waals surface area contributed by atoms with Gasteiger partial charge in [0, 0.05) is 124 Å². The molecule has 10 heteroatoms. The average molecular weight is 1150 g/mol. The molecule has 0 radical (unpaired) electrons. The van der Waals surface area contributed by atoms with E-state index in [0.717, 1.165) is 114 Å². The standard InChI is InChI=1S/C77H68N4O6/c1-11-80(65-27-19-13-21-47(65)3)55-37-39-61-71(43-55)84-69-41-49(5)67(45-63(69)76(61)59-25-17-15-23-57(59)73(82)86-76)78(9)53-33-29-51(30-34-53)75(7,8)52-31-35-54(36-32-52)79(10)68-46-64-70(42-50(68)6)85-72-44-56(81(12-2)66-28-20-14-22-48(66)4)38-40-62(72)77(64)60-26-18-16-24-58(60)74(83)87-77/h13-46H,11-12H2,1-10H3. The van der Waals surface area contributed by atoms with E-state index in [2.05, 4.69) is 247 Å². The Morgan fingerprint density at radius 3 is 1.11 bits per heavy atom. The van der Waals surface area contributed by atoms with Crippen molar-refractivity contribution in [1.82, 2.24) is 0 Å². The van der Waals surface area contributed by atoms with Gasteiger partial charge in [0.25, 0.3) is 0 Å². The Bertz CT molecular complexity index is 4170. The molecule has 0 aliphatic carbocycles. The second kappa shape index (κ2) is 20.6. The van der Waals surface area contributed by atoms with E-state index in [4.69, 9.17) is 18.9 Å². The molecule has 10 aromatic carbocycles. The molecule has 14 rings (SSSR count). The number of fused-ring (bicyclic) bond motifs is 12. The van der Waals surface area contributed by atoms with Crippen molar-refractivity contribution in [3.8, 4) is 23.0 Å². The Kier molecular flexibility index (Phi) is 13.0. The minimum absolute atomic E-state index is 0.354. The third kappa shape index (κ3) is 8.43. The second-order valence-electron chi connectivity index (χ2n) is 24.0. The molecule has 0 aromatic heterocycles. The average Bonchev–Trinajstić information content (AvgIpc) is 1.67. The van der Waals surface area contributed by atoms with Crippen molar-refractivity contribution in [1.29, 1.82) is 0 Å². The van der Waals surface area contributed by atoms with Crippen LogP contribution in [0.15, 0.2) is 206 Å². The van der Waals surface area contributed by atoms with E-state index in [9.17, 15) is 9.59 Å². The van der Waals surface area contributed by atoms with Crippen molar-refractivity contribution in [2.45, 2.75) is 72.0 Å². The topological polar surface area (TPSA) is 84.0 Å². The van der Waals surface area contributed by atoms with E-state index in [1.165, 1.54) is 11.1 Å². The number of hydrogen-bond donors (Lipinski definition) is 0. The minimum atomic E-state index is -1.23. The van der Waals surface area contributed by atoms with Crippen LogP contribution < -0.4 is 29.1 Å². The summed E-state index contributed by atoms with van der Waals surface area (Å²) in [6.45, 7) is 18.8. The molecular formula is C77H68N4O6. The number of rotatable bonds is 12. The van der Waals surface area contributed by atoms with Gasteiger partial charge in [-0.25, -0.2) is 9.59 Å². The van der Waals surface area contributed by atoms with Gasteiger partial charge >= 0.3 is 11.9 Å². The van der Waals surface area contributed by atoms with E-state index in [1.807, 2.05) is 48.5 Å². The molecule has 4 heterocycles. The number of benzene rings is 10. The normalized spacial score (nSPS) is 16.5. The number of aryl methyl sites for hydroxylation is 4. The molecule has 2 atom stereocenters. The number of nitrogens with zero attached hydrogens (tertiary/aromatic N) is 4. The second-order valence-corrected chi connectivity index (χ2v) is 24.0. The molecule has 10 aromatic rings. The van der Waals surface area contributed by atoms with Crippen LogP contribution in [0.4, 0.5) is 45.5 Å². The highest BCUT2D eigenvalue weighted by Crippen LogP contribution is 2.60. The lowest BCUT2D eigenvalue weighted by Gasteiger charge is -2.38. The summed E-state index contributed by atoms with van der Waals surface area (Å²) in [5.74, 6) is 1.86. The van der Waals surface area contributed by atoms with Crippen LogP contribution in [0, 0.1) is 27.7 Å². The van der Waals surface area contributed by atoms with Crippen molar-refractivity contribution in [3.05, 3.63) is 284 Å². The molecule has 2 spiro atoms. The van der Waals surface area contributed by atoms with Crippen LogP contribution >= 0.6 is 0 Å². The zero-order valence-electron chi connectivity index (χ0n) is 50.8. The highest BCUT2D eigenvalue weighted by molar-refractivity contribution is 5.98. The van der Waals surface area contributed by atoms with E-state index in [-0.39, 0.29) is 17.4 Å². The lowest BCUT2D eigenvalue weighted by molar-refractivity contribution is 0.0214. The SMILES string of the molecule is CCN(c1ccc2c(c1)Oc1cc(C)c(N(C)c3ccc(C(C)(C)c4ccc(N(C)c5cc6c(cc5C)Oc5cc(N(CC)c7ccccc7C)ccc5C65OC(=O)c6ccccc65)cc4)cc3)cc1C21OC(=O)c2ccccc21)c1ccccc1C. The number of carbonyl (C=O) groups excluding carboxylic acids is 2. The van der Waals surface area contributed by atoms with Gasteiger partial charge in [-0.2, -0.15) is 0 Å². The molecule has 0 saturated carbocycles. The summed E-state index contributed by atoms with van der Waals surface area (Å²) in [5, 5.41) is 0. The number of esters is 2. The van der Waals surface area contributed by atoms with Crippen LogP contribution in [0.3, 0.4) is 0 Å². The van der Waals surface area contributed by atoms with E-state index >= 15 is 0 Å². The third-order valence-electron chi connectivity index (χ3n) is 18.8. The van der Waals surface area contributed by atoms with E-state index in [0.29, 0.717) is 34.1 Å². The molecular weight excluding hydrogens is 1080 g/mol. The zero-order valence-corrected chi connectivity index (χ0v) is 50.8. The van der Waals surface area contributed by atoms with Crippen LogP contribution in [0.2, 0.25) is 0 Å². The Morgan fingerprint density at radius 1 is 0.368 bits per heavy atom. The maximum Gasteiger partial charge on any atom is 0.340 e. The molecule has 0 fully saturated rings. The molecule has 0 amide bonds. The molecule has 2 unspecified atom stereocenters. The number of para-hydroxylation sites is 2. The van der Waals surface area contributed by atoms with Crippen LogP contribution in [0.5, 0.6) is 23.0 Å². The monoisotopic (exact) mass is 1140 g/mol. The van der Waals surface area contributed by atoms with Gasteiger partial charge < -0.3 is 38.5 Å². The fraction of sp³-hybridized carbons (Fsp3) is 0.195. The van der Waals surface area contributed by atoms with Gasteiger partial charge in [-0.3, -0.25) is 0 Å². The van der Waals surface area contributed by atoms with Crippen molar-refractivity contribution in [3.63, 3.8) is 0 Å². The lowest BCUT2D eigenvalue weighted by Crippen LogP contribution is -2.33. The molecule has 0 N–H and O–H groups in total. The van der Waals surface area contributed by atoms with Gasteiger partial charge in [0.05, 0.1) is 11.1 Å². The lowest BCUT2D eigenvalue weighted by atomic mass is 9.77. The maximum absolute atomic E-state index is 14.0. The first-order valence-electron chi connectivity index (χ1n) is 30.0. The van der Waals surface area contributed by atoms with Gasteiger partial charge in [0.15, 0.2) is 11.2 Å². The van der Waals surface area contributed by atoms with Crippen molar-refractivity contribution in [2.75, 3.05) is 46.8 Å². The first kappa shape index (κ1) is 54.9. The molecule has 10 nitrogen and oxygen atoms in total. The Balaban J connectivity index is 0.747. The summed E-state index contributed by atoms with van der Waals surface area (Å²) in [7, 11) is 4.16. The van der Waals surface area contributed by atoms with Gasteiger partial charge in [0.2, 0.25) is 0 Å². The highest BCUT2D eigenvalue weighted by Gasteiger charge is 2.55. The summed E-state index contributed by atoms with van der Waals surface area (Å²) in [4.78, 5) is 36.9. The van der Waals surface area contributed by atoms with Gasteiger partial charge in [-0.05, 0) is 172 Å².